The van der Waals surface area contributed by atoms with Gasteiger partial charge < -0.3 is 14.6 Å². The summed E-state index contributed by atoms with van der Waals surface area (Å²) in [6.45, 7) is 3.42. The van der Waals surface area contributed by atoms with Crippen LogP contribution in [0.5, 0.6) is 0 Å². The maximum Gasteiger partial charge on any atom is 0.226 e. The van der Waals surface area contributed by atoms with Crippen LogP contribution in [-0.4, -0.2) is 50.3 Å². The summed E-state index contributed by atoms with van der Waals surface area (Å²) in [5, 5.41) is 4.90. The molecule has 0 aliphatic carbocycles. The Hall–Kier alpha value is -2.93. The van der Waals surface area contributed by atoms with Crippen molar-refractivity contribution in [1.29, 1.82) is 0 Å². The molecule has 5 rings (SSSR count). The summed E-state index contributed by atoms with van der Waals surface area (Å²) in [6, 6.07) is 10.4. The van der Waals surface area contributed by atoms with E-state index in [1.165, 1.54) is 11.3 Å². The van der Waals surface area contributed by atoms with Crippen molar-refractivity contribution in [3.63, 3.8) is 0 Å². The number of nitrogens with zero attached hydrogens (tertiary/aromatic N) is 4. The number of H-pyrrole nitrogens is 1. The van der Waals surface area contributed by atoms with Gasteiger partial charge in [0.1, 0.15) is 5.69 Å². The molecule has 1 N–H and O–H groups in total. The molecule has 0 bridgehead atoms. The highest BCUT2D eigenvalue weighted by atomic mass is 16.5. The Morgan fingerprint density at radius 3 is 2.79 bits per heavy atom. The lowest BCUT2D eigenvalue weighted by Crippen LogP contribution is -2.41. The van der Waals surface area contributed by atoms with Crippen LogP contribution in [0, 0.1) is 5.92 Å². The summed E-state index contributed by atoms with van der Waals surface area (Å²) in [5.74, 6) is 1.09. The first-order valence-electron chi connectivity index (χ1n) is 10.3. The molecular formula is C22H25N5O2. The number of imidazole rings is 1. The number of fused-ring (bicyclic) bond motifs is 1. The third kappa shape index (κ3) is 3.58. The van der Waals surface area contributed by atoms with Crippen molar-refractivity contribution in [3.05, 3.63) is 59.5 Å². The molecule has 1 amide bonds. The quantitative estimate of drug-likeness (QED) is 0.742. The van der Waals surface area contributed by atoms with Crippen molar-refractivity contribution < 1.29 is 9.53 Å². The van der Waals surface area contributed by atoms with Gasteiger partial charge in [0.2, 0.25) is 5.91 Å². The van der Waals surface area contributed by atoms with Gasteiger partial charge in [-0.05, 0) is 18.4 Å². The highest BCUT2D eigenvalue weighted by Gasteiger charge is 2.32. The largest absolute Gasteiger partial charge is 0.381 e. The molecular weight excluding hydrogens is 366 g/mol. The molecule has 2 aromatic heterocycles. The fourth-order valence-electron chi connectivity index (χ4n) is 4.35. The first-order valence-corrected chi connectivity index (χ1v) is 10.3. The summed E-state index contributed by atoms with van der Waals surface area (Å²) in [5.41, 5.74) is 4.38. The SMILES string of the molecule is O=C(C1CCOCC1)N1CCc2c(c(-c3ncc[nH]3)nn2Cc2ccccc2)C1. The Bertz CT molecular complexity index is 974. The third-order valence-electron chi connectivity index (χ3n) is 5.91. The van der Waals surface area contributed by atoms with Crippen molar-refractivity contribution >= 4 is 5.91 Å². The Labute approximate surface area is 169 Å². The Kier molecular flexibility index (Phi) is 4.89. The highest BCUT2D eigenvalue weighted by Crippen LogP contribution is 2.30. The number of hydrogen-bond acceptors (Lipinski definition) is 4. The number of ether oxygens (including phenoxy) is 1. The predicted molar refractivity (Wildman–Crippen MR) is 108 cm³/mol. The summed E-state index contributed by atoms with van der Waals surface area (Å²) in [4.78, 5) is 22.7. The van der Waals surface area contributed by atoms with Crippen LogP contribution in [0.4, 0.5) is 0 Å². The van der Waals surface area contributed by atoms with Crippen LogP contribution in [-0.2, 0) is 29.0 Å². The molecule has 2 aliphatic rings. The van der Waals surface area contributed by atoms with Crippen molar-refractivity contribution in [2.75, 3.05) is 19.8 Å². The molecule has 2 aliphatic heterocycles. The molecule has 1 aromatic carbocycles. The van der Waals surface area contributed by atoms with E-state index >= 15 is 0 Å². The molecule has 0 unspecified atom stereocenters. The van der Waals surface area contributed by atoms with Gasteiger partial charge in [-0.1, -0.05) is 30.3 Å². The molecule has 0 spiro atoms. The number of carbonyl (C=O) groups is 1. The first-order chi connectivity index (χ1) is 14.3. The summed E-state index contributed by atoms with van der Waals surface area (Å²) in [7, 11) is 0. The normalized spacial score (nSPS) is 17.3. The zero-order valence-electron chi connectivity index (χ0n) is 16.4. The monoisotopic (exact) mass is 391 g/mol. The first kappa shape index (κ1) is 18.1. The van der Waals surface area contributed by atoms with Gasteiger partial charge in [0.05, 0.1) is 6.54 Å². The zero-order valence-corrected chi connectivity index (χ0v) is 16.4. The minimum atomic E-state index is 0.0803. The van der Waals surface area contributed by atoms with E-state index in [0.717, 1.165) is 49.4 Å². The number of aromatic amines is 1. The number of rotatable bonds is 4. The number of benzene rings is 1. The van der Waals surface area contributed by atoms with Crippen LogP contribution >= 0.6 is 0 Å². The third-order valence-corrected chi connectivity index (χ3v) is 5.91. The minimum Gasteiger partial charge on any atom is -0.381 e. The molecule has 0 radical (unpaired) electrons. The number of amides is 1. The van der Waals surface area contributed by atoms with E-state index in [0.29, 0.717) is 19.8 Å². The van der Waals surface area contributed by atoms with Crippen molar-refractivity contribution in [2.24, 2.45) is 5.92 Å². The van der Waals surface area contributed by atoms with Gasteiger partial charge >= 0.3 is 0 Å². The fraction of sp³-hybridized carbons (Fsp3) is 0.409. The second kappa shape index (κ2) is 7.83. The van der Waals surface area contributed by atoms with Gasteiger partial charge in [0.15, 0.2) is 5.82 Å². The maximum absolute atomic E-state index is 13.1. The van der Waals surface area contributed by atoms with E-state index in [1.54, 1.807) is 6.20 Å². The molecule has 1 fully saturated rings. The molecule has 7 heteroatoms. The lowest BCUT2D eigenvalue weighted by Gasteiger charge is -2.32. The molecule has 1 saturated heterocycles. The molecule has 7 nitrogen and oxygen atoms in total. The van der Waals surface area contributed by atoms with E-state index in [2.05, 4.69) is 26.8 Å². The van der Waals surface area contributed by atoms with Crippen LogP contribution in [0.15, 0.2) is 42.7 Å². The van der Waals surface area contributed by atoms with Gasteiger partial charge in [-0.3, -0.25) is 9.48 Å². The molecule has 3 aromatic rings. The molecule has 4 heterocycles. The van der Waals surface area contributed by atoms with Crippen LogP contribution in [0.3, 0.4) is 0 Å². The Morgan fingerprint density at radius 1 is 1.21 bits per heavy atom. The molecule has 29 heavy (non-hydrogen) atoms. The lowest BCUT2D eigenvalue weighted by atomic mass is 9.96. The van der Waals surface area contributed by atoms with Crippen molar-refractivity contribution in [1.82, 2.24) is 24.6 Å². The second-order valence-corrected chi connectivity index (χ2v) is 7.75. The predicted octanol–water partition coefficient (Wildman–Crippen LogP) is 2.63. The molecule has 0 saturated carbocycles. The van der Waals surface area contributed by atoms with Crippen molar-refractivity contribution in [2.45, 2.75) is 32.4 Å². The lowest BCUT2D eigenvalue weighted by molar-refractivity contribution is -0.139. The Balaban J connectivity index is 1.46. The summed E-state index contributed by atoms with van der Waals surface area (Å²) < 4.78 is 7.51. The van der Waals surface area contributed by atoms with E-state index in [4.69, 9.17) is 9.84 Å². The topological polar surface area (TPSA) is 76.0 Å². The number of nitrogens with one attached hydrogen (secondary N) is 1. The van der Waals surface area contributed by atoms with Gasteiger partial charge in [-0.15, -0.1) is 0 Å². The Morgan fingerprint density at radius 2 is 2.03 bits per heavy atom. The van der Waals surface area contributed by atoms with E-state index in [1.807, 2.05) is 29.3 Å². The van der Waals surface area contributed by atoms with Gasteiger partial charge in [-0.2, -0.15) is 5.10 Å². The molecule has 150 valence electrons. The summed E-state index contributed by atoms with van der Waals surface area (Å²) in [6.07, 6.45) is 6.00. The number of aromatic nitrogens is 4. The van der Waals surface area contributed by atoms with Crippen molar-refractivity contribution in [3.8, 4) is 11.5 Å². The van der Waals surface area contributed by atoms with E-state index in [9.17, 15) is 4.79 Å². The van der Waals surface area contributed by atoms with Gasteiger partial charge in [0, 0.05) is 62.3 Å². The summed E-state index contributed by atoms with van der Waals surface area (Å²) >= 11 is 0. The number of hydrogen-bond donors (Lipinski definition) is 1. The van der Waals surface area contributed by atoms with Crippen LogP contribution < -0.4 is 0 Å². The average Bonchev–Trinajstić information content (AvgIpc) is 3.43. The highest BCUT2D eigenvalue weighted by molar-refractivity contribution is 5.79. The van der Waals surface area contributed by atoms with Crippen LogP contribution in [0.2, 0.25) is 0 Å². The fourth-order valence-corrected chi connectivity index (χ4v) is 4.35. The standard InChI is InChI=1S/C22H25N5O2/c28-22(17-7-12-29-13-8-17)26-11-6-19-18(15-26)20(21-23-9-10-24-21)25-27(19)14-16-4-2-1-3-5-16/h1-5,9-10,17H,6-8,11-15H2,(H,23,24). The van der Waals surface area contributed by atoms with Gasteiger partial charge in [-0.25, -0.2) is 4.98 Å². The number of carbonyl (C=O) groups excluding carboxylic acids is 1. The zero-order chi connectivity index (χ0) is 19.6. The maximum atomic E-state index is 13.1. The molecule has 0 atom stereocenters. The van der Waals surface area contributed by atoms with Crippen LogP contribution in [0.1, 0.15) is 29.7 Å². The van der Waals surface area contributed by atoms with E-state index < -0.39 is 0 Å². The van der Waals surface area contributed by atoms with Crippen LogP contribution in [0.25, 0.3) is 11.5 Å². The van der Waals surface area contributed by atoms with E-state index in [-0.39, 0.29) is 11.8 Å². The average molecular weight is 391 g/mol. The second-order valence-electron chi connectivity index (χ2n) is 7.75. The van der Waals surface area contributed by atoms with Gasteiger partial charge in [0.25, 0.3) is 0 Å². The smallest absolute Gasteiger partial charge is 0.226 e. The minimum absolute atomic E-state index is 0.0803.